The Kier molecular flexibility index (Phi) is 5.51. The Balaban J connectivity index is 2.47. The van der Waals surface area contributed by atoms with E-state index in [1.807, 2.05) is 0 Å². The van der Waals surface area contributed by atoms with Crippen molar-refractivity contribution in [1.29, 1.82) is 0 Å². The molecule has 0 saturated heterocycles. The van der Waals surface area contributed by atoms with Crippen molar-refractivity contribution in [3.8, 4) is 5.75 Å². The van der Waals surface area contributed by atoms with Crippen LogP contribution in [0.5, 0.6) is 5.75 Å². The van der Waals surface area contributed by atoms with Gasteiger partial charge in [-0.05, 0) is 31.2 Å². The van der Waals surface area contributed by atoms with Gasteiger partial charge in [-0.1, -0.05) is 0 Å². The molecule has 6 heteroatoms. The molecule has 1 aromatic rings. The molecule has 0 saturated carbocycles. The minimum atomic E-state index is -2.50. The molecule has 3 N–H and O–H groups in total. The van der Waals surface area contributed by atoms with Gasteiger partial charge in [-0.2, -0.15) is 0 Å². The van der Waals surface area contributed by atoms with Gasteiger partial charge in [-0.15, -0.1) is 0 Å². The quantitative estimate of drug-likeness (QED) is 0.820. The molecule has 1 amide bonds. The summed E-state index contributed by atoms with van der Waals surface area (Å²) in [5.74, 6) is 0.145. The van der Waals surface area contributed by atoms with Gasteiger partial charge in [0.1, 0.15) is 12.4 Å². The van der Waals surface area contributed by atoms with Gasteiger partial charge >= 0.3 is 0 Å². The van der Waals surface area contributed by atoms with Crippen molar-refractivity contribution in [2.75, 3.05) is 11.9 Å². The van der Waals surface area contributed by atoms with Crippen LogP contribution in [0.15, 0.2) is 24.3 Å². The lowest BCUT2D eigenvalue weighted by molar-refractivity contribution is -0.116. The first kappa shape index (κ1) is 14.4. The third kappa shape index (κ3) is 5.58. The number of nitrogens with two attached hydrogens (primary N) is 1. The van der Waals surface area contributed by atoms with Crippen LogP contribution in [0, 0.1) is 0 Å². The minimum Gasteiger partial charge on any atom is -0.488 e. The molecule has 100 valence electrons. The van der Waals surface area contributed by atoms with E-state index in [0.717, 1.165) is 0 Å². The topological polar surface area (TPSA) is 64.4 Å². The molecule has 18 heavy (non-hydrogen) atoms. The van der Waals surface area contributed by atoms with E-state index in [2.05, 4.69) is 5.32 Å². The molecule has 0 aliphatic carbocycles. The van der Waals surface area contributed by atoms with Gasteiger partial charge in [0.25, 0.3) is 6.43 Å². The van der Waals surface area contributed by atoms with Gasteiger partial charge in [0.2, 0.25) is 5.91 Å². The molecule has 0 heterocycles. The summed E-state index contributed by atoms with van der Waals surface area (Å²) in [7, 11) is 0. The Morgan fingerprint density at radius 3 is 2.50 bits per heavy atom. The molecule has 0 aliphatic heterocycles. The van der Waals surface area contributed by atoms with Crippen molar-refractivity contribution < 1.29 is 18.3 Å². The van der Waals surface area contributed by atoms with E-state index in [-0.39, 0.29) is 18.4 Å². The highest BCUT2D eigenvalue weighted by Gasteiger charge is 2.06. The third-order valence-corrected chi connectivity index (χ3v) is 2.02. The first-order valence-corrected chi connectivity index (χ1v) is 5.54. The van der Waals surface area contributed by atoms with Crippen LogP contribution >= 0.6 is 0 Å². The molecule has 0 bridgehead atoms. The maximum atomic E-state index is 11.9. The molecule has 1 unspecified atom stereocenters. The number of anilines is 1. The number of amides is 1. The number of carbonyl (C=O) groups is 1. The summed E-state index contributed by atoms with van der Waals surface area (Å²) in [5, 5.41) is 2.64. The summed E-state index contributed by atoms with van der Waals surface area (Å²) < 4.78 is 28.6. The monoisotopic (exact) mass is 258 g/mol. The number of hydrogen-bond donors (Lipinski definition) is 2. The number of nitrogens with one attached hydrogen (secondary N) is 1. The summed E-state index contributed by atoms with van der Waals surface area (Å²) in [6, 6.07) is 5.99. The lowest BCUT2D eigenvalue weighted by Crippen LogP contribution is -2.23. The highest BCUT2D eigenvalue weighted by atomic mass is 19.3. The van der Waals surface area contributed by atoms with Gasteiger partial charge in [0.15, 0.2) is 0 Å². The van der Waals surface area contributed by atoms with Gasteiger partial charge in [0, 0.05) is 18.2 Å². The van der Waals surface area contributed by atoms with Gasteiger partial charge in [0.05, 0.1) is 0 Å². The molecular weight excluding hydrogens is 242 g/mol. The van der Waals surface area contributed by atoms with E-state index in [0.29, 0.717) is 11.4 Å². The van der Waals surface area contributed by atoms with E-state index >= 15 is 0 Å². The van der Waals surface area contributed by atoms with Crippen molar-refractivity contribution in [3.05, 3.63) is 24.3 Å². The van der Waals surface area contributed by atoms with Crippen molar-refractivity contribution in [2.24, 2.45) is 5.73 Å². The number of hydrogen-bond acceptors (Lipinski definition) is 3. The summed E-state index contributed by atoms with van der Waals surface area (Å²) in [5.41, 5.74) is 6.06. The Labute approximate surface area is 104 Å². The maximum Gasteiger partial charge on any atom is 0.272 e. The molecular formula is C12H16F2N2O2. The summed E-state index contributed by atoms with van der Waals surface area (Å²) >= 11 is 0. The molecule has 1 aromatic carbocycles. The Morgan fingerprint density at radius 2 is 2.00 bits per heavy atom. The number of halogens is 2. The Morgan fingerprint density at radius 1 is 1.39 bits per heavy atom. The van der Waals surface area contributed by atoms with Crippen molar-refractivity contribution >= 4 is 11.6 Å². The highest BCUT2D eigenvalue weighted by Crippen LogP contribution is 2.16. The predicted octanol–water partition coefficient (Wildman–Crippen LogP) is 2.01. The van der Waals surface area contributed by atoms with Crippen LogP contribution in [0.3, 0.4) is 0 Å². The fourth-order valence-corrected chi connectivity index (χ4v) is 1.30. The van der Waals surface area contributed by atoms with Crippen LogP contribution in [-0.4, -0.2) is 25.0 Å². The van der Waals surface area contributed by atoms with E-state index in [1.165, 1.54) is 12.1 Å². The van der Waals surface area contributed by atoms with Gasteiger partial charge < -0.3 is 15.8 Å². The molecule has 0 fully saturated rings. The summed E-state index contributed by atoms with van der Waals surface area (Å²) in [4.78, 5) is 11.4. The van der Waals surface area contributed by atoms with Crippen LogP contribution in [0.25, 0.3) is 0 Å². The first-order chi connectivity index (χ1) is 8.47. The number of rotatable bonds is 6. The Bertz CT molecular complexity index is 380. The molecule has 1 atom stereocenters. The van der Waals surface area contributed by atoms with Crippen molar-refractivity contribution in [2.45, 2.75) is 25.8 Å². The van der Waals surface area contributed by atoms with Crippen LogP contribution in [0.4, 0.5) is 14.5 Å². The van der Waals surface area contributed by atoms with Crippen LogP contribution in [0.2, 0.25) is 0 Å². The summed E-state index contributed by atoms with van der Waals surface area (Å²) in [6.07, 6.45) is -2.28. The second-order valence-electron chi connectivity index (χ2n) is 3.96. The SMILES string of the molecule is CC(N)CC(=O)Nc1ccc(OCC(F)F)cc1. The van der Waals surface area contributed by atoms with Crippen molar-refractivity contribution in [1.82, 2.24) is 0 Å². The van der Waals surface area contributed by atoms with Gasteiger partial charge in [-0.3, -0.25) is 4.79 Å². The van der Waals surface area contributed by atoms with Crippen LogP contribution < -0.4 is 15.8 Å². The number of ether oxygens (including phenoxy) is 1. The molecule has 1 rings (SSSR count). The van der Waals surface area contributed by atoms with Crippen LogP contribution in [-0.2, 0) is 4.79 Å². The Hall–Kier alpha value is -1.69. The predicted molar refractivity (Wildman–Crippen MR) is 64.8 cm³/mol. The molecule has 0 aliphatic rings. The zero-order valence-corrected chi connectivity index (χ0v) is 10.0. The third-order valence-electron chi connectivity index (χ3n) is 2.02. The summed E-state index contributed by atoms with van der Waals surface area (Å²) in [6.45, 7) is 1.09. The number of benzene rings is 1. The fraction of sp³-hybridized carbons (Fsp3) is 0.417. The van der Waals surface area contributed by atoms with E-state index in [1.54, 1.807) is 19.1 Å². The molecule has 0 spiro atoms. The lowest BCUT2D eigenvalue weighted by Gasteiger charge is -2.09. The maximum absolute atomic E-state index is 11.9. The van der Waals surface area contributed by atoms with Gasteiger partial charge in [-0.25, -0.2) is 8.78 Å². The van der Waals surface area contributed by atoms with E-state index in [4.69, 9.17) is 10.5 Å². The van der Waals surface area contributed by atoms with Crippen LogP contribution in [0.1, 0.15) is 13.3 Å². The average molecular weight is 258 g/mol. The molecule has 4 nitrogen and oxygen atoms in total. The minimum absolute atomic E-state index is 0.189. The highest BCUT2D eigenvalue weighted by molar-refractivity contribution is 5.91. The van der Waals surface area contributed by atoms with E-state index in [9.17, 15) is 13.6 Å². The molecule has 0 radical (unpaired) electrons. The second kappa shape index (κ2) is 6.90. The second-order valence-corrected chi connectivity index (χ2v) is 3.96. The zero-order chi connectivity index (χ0) is 13.5. The number of carbonyl (C=O) groups excluding carboxylic acids is 1. The molecule has 0 aromatic heterocycles. The average Bonchev–Trinajstić information content (AvgIpc) is 2.26. The van der Waals surface area contributed by atoms with E-state index < -0.39 is 13.0 Å². The standard InChI is InChI=1S/C12H16F2N2O2/c1-8(15)6-12(17)16-9-2-4-10(5-3-9)18-7-11(13)14/h2-5,8,11H,6-7,15H2,1H3,(H,16,17). The smallest absolute Gasteiger partial charge is 0.272 e. The largest absolute Gasteiger partial charge is 0.488 e. The van der Waals surface area contributed by atoms with Crippen molar-refractivity contribution in [3.63, 3.8) is 0 Å². The lowest BCUT2D eigenvalue weighted by atomic mass is 10.2. The normalized spacial score (nSPS) is 12.3. The zero-order valence-electron chi connectivity index (χ0n) is 10.0. The number of alkyl halides is 2. The first-order valence-electron chi connectivity index (χ1n) is 5.54. The fourth-order valence-electron chi connectivity index (χ4n) is 1.30.